The minimum atomic E-state index is 0.534. The Morgan fingerprint density at radius 1 is 1.28 bits per heavy atom. The summed E-state index contributed by atoms with van der Waals surface area (Å²) in [7, 11) is 0. The average Bonchev–Trinajstić information content (AvgIpc) is 3.12. The predicted octanol–water partition coefficient (Wildman–Crippen LogP) is 1.86. The fraction of sp³-hybridized carbons (Fsp3) is 0.947. The number of likely N-dealkylation sites (tertiary alicyclic amines) is 1. The van der Waals surface area contributed by atoms with Gasteiger partial charge in [0.05, 0.1) is 13.2 Å². The Balaban J connectivity index is 1.60. The van der Waals surface area contributed by atoms with Gasteiger partial charge >= 0.3 is 0 Å². The smallest absolute Gasteiger partial charge is 0.191 e. The van der Waals surface area contributed by atoms with Crippen LogP contribution in [0.2, 0.25) is 0 Å². The molecule has 0 aromatic rings. The van der Waals surface area contributed by atoms with Crippen molar-refractivity contribution in [2.45, 2.75) is 58.5 Å². The summed E-state index contributed by atoms with van der Waals surface area (Å²) in [5.74, 6) is 1.55. The quantitative estimate of drug-likeness (QED) is 0.376. The summed E-state index contributed by atoms with van der Waals surface area (Å²) in [5.41, 5.74) is 0. The second-order valence-electron chi connectivity index (χ2n) is 7.47. The van der Waals surface area contributed by atoms with Crippen LogP contribution in [-0.2, 0) is 9.47 Å². The van der Waals surface area contributed by atoms with E-state index in [-0.39, 0.29) is 0 Å². The molecule has 2 aliphatic heterocycles. The first-order chi connectivity index (χ1) is 12.2. The molecule has 2 N–H and O–H groups in total. The standard InChI is InChI=1S/C19H38N4O2/c1-4-20-19(22-18-6-10-23(11-7-18)16(2)3)21-9-5-12-24-14-17-8-13-25-15-17/h16-18H,4-15H2,1-3H3,(H2,20,21,22). The van der Waals surface area contributed by atoms with E-state index in [1.165, 1.54) is 25.9 Å². The van der Waals surface area contributed by atoms with Crippen LogP contribution >= 0.6 is 0 Å². The van der Waals surface area contributed by atoms with Crippen molar-refractivity contribution in [3.8, 4) is 0 Å². The van der Waals surface area contributed by atoms with E-state index < -0.39 is 0 Å². The van der Waals surface area contributed by atoms with Crippen molar-refractivity contribution in [1.29, 1.82) is 0 Å². The van der Waals surface area contributed by atoms with Gasteiger partial charge in [-0.05, 0) is 46.5 Å². The third kappa shape index (κ3) is 7.92. The summed E-state index contributed by atoms with van der Waals surface area (Å²) in [6.07, 6.45) is 4.49. The Kier molecular flexibility index (Phi) is 9.58. The van der Waals surface area contributed by atoms with Crippen molar-refractivity contribution in [2.75, 3.05) is 52.6 Å². The number of nitrogens with zero attached hydrogens (tertiary/aromatic N) is 2. The van der Waals surface area contributed by atoms with Crippen molar-refractivity contribution in [1.82, 2.24) is 15.5 Å². The first-order valence-corrected chi connectivity index (χ1v) is 10.1. The highest BCUT2D eigenvalue weighted by Crippen LogP contribution is 2.13. The van der Waals surface area contributed by atoms with Crippen LogP contribution in [0, 0.1) is 5.92 Å². The molecule has 2 fully saturated rings. The van der Waals surface area contributed by atoms with Crippen LogP contribution in [0.15, 0.2) is 4.99 Å². The fourth-order valence-corrected chi connectivity index (χ4v) is 3.40. The zero-order valence-electron chi connectivity index (χ0n) is 16.4. The maximum atomic E-state index is 5.75. The number of guanidine groups is 1. The number of hydrogen-bond donors (Lipinski definition) is 2. The molecular weight excluding hydrogens is 316 g/mol. The third-order valence-electron chi connectivity index (χ3n) is 5.04. The maximum Gasteiger partial charge on any atom is 0.191 e. The first kappa shape index (κ1) is 20.5. The summed E-state index contributed by atoms with van der Waals surface area (Å²) in [6.45, 7) is 14.1. The zero-order valence-corrected chi connectivity index (χ0v) is 16.4. The summed E-state index contributed by atoms with van der Waals surface area (Å²) >= 11 is 0. The van der Waals surface area contributed by atoms with Crippen molar-refractivity contribution >= 4 is 5.96 Å². The molecule has 0 aromatic heterocycles. The van der Waals surface area contributed by atoms with Gasteiger partial charge in [0.25, 0.3) is 0 Å². The van der Waals surface area contributed by atoms with Gasteiger partial charge < -0.3 is 25.0 Å². The van der Waals surface area contributed by atoms with Crippen LogP contribution in [0.5, 0.6) is 0 Å². The minimum Gasteiger partial charge on any atom is -0.381 e. The van der Waals surface area contributed by atoms with Gasteiger partial charge in [0, 0.05) is 57.4 Å². The number of nitrogens with one attached hydrogen (secondary N) is 2. The predicted molar refractivity (Wildman–Crippen MR) is 103 cm³/mol. The summed E-state index contributed by atoms with van der Waals surface area (Å²) in [6, 6.07) is 1.19. The topological polar surface area (TPSA) is 58.1 Å². The van der Waals surface area contributed by atoms with Crippen LogP contribution in [-0.4, -0.2) is 75.5 Å². The lowest BCUT2D eigenvalue weighted by Gasteiger charge is -2.35. The Bertz CT molecular complexity index is 376. The number of hydrogen-bond acceptors (Lipinski definition) is 4. The highest BCUT2D eigenvalue weighted by atomic mass is 16.5. The molecule has 146 valence electrons. The molecule has 0 bridgehead atoms. The molecule has 1 unspecified atom stereocenters. The number of aliphatic imine (C=N–C) groups is 1. The van der Waals surface area contributed by atoms with E-state index in [4.69, 9.17) is 14.5 Å². The number of rotatable bonds is 9. The molecule has 0 radical (unpaired) electrons. The molecule has 2 heterocycles. The van der Waals surface area contributed by atoms with E-state index in [1.807, 2.05) is 0 Å². The second kappa shape index (κ2) is 11.7. The van der Waals surface area contributed by atoms with Crippen LogP contribution in [0.25, 0.3) is 0 Å². The van der Waals surface area contributed by atoms with Gasteiger partial charge in [-0.2, -0.15) is 0 Å². The second-order valence-corrected chi connectivity index (χ2v) is 7.47. The highest BCUT2D eigenvalue weighted by molar-refractivity contribution is 5.80. The van der Waals surface area contributed by atoms with Gasteiger partial charge in [-0.15, -0.1) is 0 Å². The lowest BCUT2D eigenvalue weighted by Crippen LogP contribution is -2.49. The van der Waals surface area contributed by atoms with Gasteiger partial charge in [0.1, 0.15) is 0 Å². The first-order valence-electron chi connectivity index (χ1n) is 10.1. The highest BCUT2D eigenvalue weighted by Gasteiger charge is 2.21. The van der Waals surface area contributed by atoms with Crippen LogP contribution in [0.1, 0.15) is 46.5 Å². The Hall–Kier alpha value is -0.850. The van der Waals surface area contributed by atoms with Crippen molar-refractivity contribution in [3.05, 3.63) is 0 Å². The lowest BCUT2D eigenvalue weighted by molar-refractivity contribution is 0.0893. The van der Waals surface area contributed by atoms with Crippen LogP contribution in [0.4, 0.5) is 0 Å². The van der Waals surface area contributed by atoms with E-state index in [0.717, 1.165) is 58.3 Å². The molecule has 2 aliphatic rings. The molecular formula is C19H38N4O2. The van der Waals surface area contributed by atoms with Gasteiger partial charge in [0.2, 0.25) is 0 Å². The largest absolute Gasteiger partial charge is 0.381 e. The van der Waals surface area contributed by atoms with Gasteiger partial charge in [-0.3, -0.25) is 4.99 Å². The van der Waals surface area contributed by atoms with Crippen molar-refractivity contribution in [3.63, 3.8) is 0 Å². The Morgan fingerprint density at radius 3 is 2.72 bits per heavy atom. The molecule has 6 heteroatoms. The molecule has 2 rings (SSSR count). The lowest BCUT2D eigenvalue weighted by atomic mass is 10.0. The van der Waals surface area contributed by atoms with E-state index in [9.17, 15) is 0 Å². The van der Waals surface area contributed by atoms with Gasteiger partial charge in [-0.1, -0.05) is 0 Å². The molecule has 1 atom stereocenters. The molecule has 0 spiro atoms. The Morgan fingerprint density at radius 2 is 2.08 bits per heavy atom. The maximum absolute atomic E-state index is 5.75. The number of ether oxygens (including phenoxy) is 2. The van der Waals surface area contributed by atoms with Crippen molar-refractivity contribution < 1.29 is 9.47 Å². The molecule has 6 nitrogen and oxygen atoms in total. The molecule has 25 heavy (non-hydrogen) atoms. The summed E-state index contributed by atoms with van der Waals surface area (Å²) in [4.78, 5) is 7.26. The summed E-state index contributed by atoms with van der Waals surface area (Å²) < 4.78 is 11.1. The van der Waals surface area contributed by atoms with Gasteiger partial charge in [-0.25, -0.2) is 0 Å². The zero-order chi connectivity index (χ0) is 17.9. The monoisotopic (exact) mass is 354 g/mol. The van der Waals surface area contributed by atoms with Crippen molar-refractivity contribution in [2.24, 2.45) is 10.9 Å². The molecule has 0 amide bonds. The molecule has 2 saturated heterocycles. The van der Waals surface area contributed by atoms with E-state index >= 15 is 0 Å². The van der Waals surface area contributed by atoms with E-state index in [0.29, 0.717) is 18.0 Å². The van der Waals surface area contributed by atoms with Crippen LogP contribution < -0.4 is 10.6 Å². The normalized spacial score (nSPS) is 23.4. The fourth-order valence-electron chi connectivity index (χ4n) is 3.40. The molecule has 0 aromatic carbocycles. The van der Waals surface area contributed by atoms with Crippen LogP contribution in [0.3, 0.4) is 0 Å². The van der Waals surface area contributed by atoms with Gasteiger partial charge in [0.15, 0.2) is 5.96 Å². The molecule has 0 saturated carbocycles. The summed E-state index contributed by atoms with van der Waals surface area (Å²) in [5, 5.41) is 6.97. The third-order valence-corrected chi connectivity index (χ3v) is 5.04. The number of piperidine rings is 1. The minimum absolute atomic E-state index is 0.534. The Labute approximate surface area is 153 Å². The molecule has 0 aliphatic carbocycles. The SMILES string of the molecule is CCNC(=NCCCOCC1CCOC1)NC1CCN(C(C)C)CC1. The van der Waals surface area contributed by atoms with E-state index in [1.54, 1.807) is 0 Å². The van der Waals surface area contributed by atoms with E-state index in [2.05, 4.69) is 36.3 Å². The average molecular weight is 355 g/mol.